The number of aromatic nitrogens is 1. The molecular weight excluding hydrogens is 330 g/mol. The van der Waals surface area contributed by atoms with Crippen molar-refractivity contribution in [2.75, 3.05) is 0 Å². The first-order valence-corrected chi connectivity index (χ1v) is 8.92. The van der Waals surface area contributed by atoms with Crippen molar-refractivity contribution in [3.8, 4) is 0 Å². The van der Waals surface area contributed by atoms with Crippen LogP contribution in [0.15, 0.2) is 27.8 Å². The minimum atomic E-state index is -1.19. The maximum Gasteiger partial charge on any atom is 0.317 e. The van der Waals surface area contributed by atoms with E-state index in [2.05, 4.69) is 11.1 Å². The Bertz CT molecular complexity index is 751. The number of hydrogen-bond donors (Lipinski definition) is 2. The molecule has 1 saturated carbocycles. The number of fused-ring (bicyclic) bond motifs is 1. The van der Waals surface area contributed by atoms with Crippen LogP contribution in [0.5, 0.6) is 0 Å². The second-order valence-corrected chi connectivity index (χ2v) is 7.24. The molecule has 1 unspecified atom stereocenters. The maximum absolute atomic E-state index is 11.2. The van der Waals surface area contributed by atoms with Gasteiger partial charge in [0, 0.05) is 0 Å². The number of oxazole rings is 1. The van der Waals surface area contributed by atoms with Crippen LogP contribution in [0.1, 0.15) is 50.0 Å². The average molecular weight is 349 g/mol. The standard InChI is InChI=1S/C17H19NO5S/c19-15(20)9-14(16(21)22)24-17-18-12-7-6-11(8-13(12)23-17)10-4-2-1-3-5-10/h6-8,10,14H,1-5,9H2,(H,19,20)(H,21,22). The molecule has 2 aromatic rings. The summed E-state index contributed by atoms with van der Waals surface area (Å²) in [6.45, 7) is 0. The lowest BCUT2D eigenvalue weighted by Gasteiger charge is -2.21. The van der Waals surface area contributed by atoms with E-state index in [9.17, 15) is 9.59 Å². The summed E-state index contributed by atoms with van der Waals surface area (Å²) in [6, 6.07) is 5.93. The first-order chi connectivity index (χ1) is 11.5. The lowest BCUT2D eigenvalue weighted by molar-refractivity contribution is -0.142. The SMILES string of the molecule is O=C(O)CC(Sc1nc2ccc(C3CCCCC3)cc2o1)C(=O)O. The average Bonchev–Trinajstić information content (AvgIpc) is 2.96. The van der Waals surface area contributed by atoms with Crippen molar-refractivity contribution in [3.63, 3.8) is 0 Å². The third kappa shape index (κ3) is 3.90. The van der Waals surface area contributed by atoms with Gasteiger partial charge in [0.15, 0.2) is 5.58 Å². The maximum atomic E-state index is 11.2. The Balaban J connectivity index is 1.80. The Morgan fingerprint density at radius 2 is 2.00 bits per heavy atom. The predicted octanol–water partition coefficient (Wildman–Crippen LogP) is 3.90. The van der Waals surface area contributed by atoms with Crippen LogP contribution in [0.4, 0.5) is 0 Å². The molecule has 1 aromatic carbocycles. The topological polar surface area (TPSA) is 101 Å². The first kappa shape index (κ1) is 16.8. The minimum absolute atomic E-state index is 0.194. The second kappa shape index (κ2) is 7.25. The van der Waals surface area contributed by atoms with Gasteiger partial charge >= 0.3 is 11.9 Å². The summed E-state index contributed by atoms with van der Waals surface area (Å²) in [6.07, 6.45) is 5.67. The van der Waals surface area contributed by atoms with Gasteiger partial charge in [-0.15, -0.1) is 0 Å². The highest BCUT2D eigenvalue weighted by molar-refractivity contribution is 8.00. The van der Waals surface area contributed by atoms with Crippen molar-refractivity contribution in [3.05, 3.63) is 23.8 Å². The summed E-state index contributed by atoms with van der Waals surface area (Å²) in [5.41, 5.74) is 2.52. The van der Waals surface area contributed by atoms with Crippen molar-refractivity contribution in [2.24, 2.45) is 0 Å². The molecule has 1 aliphatic rings. The quantitative estimate of drug-likeness (QED) is 0.763. The molecule has 0 saturated heterocycles. The van der Waals surface area contributed by atoms with E-state index in [0.29, 0.717) is 17.0 Å². The molecule has 1 atom stereocenters. The lowest BCUT2D eigenvalue weighted by Crippen LogP contribution is -2.20. The van der Waals surface area contributed by atoms with E-state index in [-0.39, 0.29) is 5.22 Å². The molecule has 0 spiro atoms. The van der Waals surface area contributed by atoms with E-state index in [0.717, 1.165) is 11.8 Å². The zero-order chi connectivity index (χ0) is 17.1. The molecule has 0 bridgehead atoms. The summed E-state index contributed by atoms with van der Waals surface area (Å²) >= 11 is 0.834. The fraction of sp³-hybridized carbons (Fsp3) is 0.471. The Kier molecular flexibility index (Phi) is 5.08. The van der Waals surface area contributed by atoms with E-state index in [1.165, 1.54) is 37.7 Å². The summed E-state index contributed by atoms with van der Waals surface area (Å²) in [5.74, 6) is -1.80. The van der Waals surface area contributed by atoms with Crippen LogP contribution >= 0.6 is 11.8 Å². The van der Waals surface area contributed by atoms with E-state index in [4.69, 9.17) is 14.6 Å². The normalized spacial score (nSPS) is 17.0. The van der Waals surface area contributed by atoms with Crippen molar-refractivity contribution < 1.29 is 24.2 Å². The Morgan fingerprint density at radius 3 is 2.67 bits per heavy atom. The fourth-order valence-electron chi connectivity index (χ4n) is 3.12. The molecule has 0 amide bonds. The van der Waals surface area contributed by atoms with Gasteiger partial charge in [-0.2, -0.15) is 0 Å². The molecule has 1 fully saturated rings. The van der Waals surface area contributed by atoms with Crippen LogP contribution in [-0.4, -0.2) is 32.4 Å². The molecule has 7 heteroatoms. The molecule has 6 nitrogen and oxygen atoms in total. The van der Waals surface area contributed by atoms with Crippen molar-refractivity contribution in [2.45, 2.75) is 54.9 Å². The van der Waals surface area contributed by atoms with E-state index in [1.54, 1.807) is 0 Å². The number of rotatable bonds is 6. The predicted molar refractivity (Wildman–Crippen MR) is 89.4 cm³/mol. The smallest absolute Gasteiger partial charge is 0.317 e. The van der Waals surface area contributed by atoms with Gasteiger partial charge in [0.05, 0.1) is 6.42 Å². The van der Waals surface area contributed by atoms with Crippen LogP contribution in [0.2, 0.25) is 0 Å². The third-order valence-electron chi connectivity index (χ3n) is 4.35. The Labute approximate surface area is 143 Å². The van der Waals surface area contributed by atoms with Gasteiger partial charge in [-0.05, 0) is 36.5 Å². The summed E-state index contributed by atoms with van der Waals surface area (Å²) in [5, 5.41) is 17.0. The molecule has 1 aromatic heterocycles. The number of benzene rings is 1. The van der Waals surface area contributed by atoms with E-state index < -0.39 is 23.6 Å². The van der Waals surface area contributed by atoms with Crippen molar-refractivity contribution >= 4 is 34.8 Å². The van der Waals surface area contributed by atoms with E-state index >= 15 is 0 Å². The van der Waals surface area contributed by atoms with E-state index in [1.807, 2.05) is 12.1 Å². The zero-order valence-corrected chi connectivity index (χ0v) is 13.9. The van der Waals surface area contributed by atoms with Crippen LogP contribution in [0.25, 0.3) is 11.1 Å². The molecule has 128 valence electrons. The van der Waals surface area contributed by atoms with Gasteiger partial charge in [-0.25, -0.2) is 4.98 Å². The molecule has 0 radical (unpaired) electrons. The van der Waals surface area contributed by atoms with Crippen LogP contribution in [0.3, 0.4) is 0 Å². The Hall–Kier alpha value is -2.02. The highest BCUT2D eigenvalue weighted by Gasteiger charge is 2.25. The van der Waals surface area contributed by atoms with Crippen LogP contribution in [-0.2, 0) is 9.59 Å². The number of aliphatic carboxylic acids is 2. The molecule has 0 aliphatic heterocycles. The molecule has 2 N–H and O–H groups in total. The van der Waals surface area contributed by atoms with Crippen LogP contribution in [0, 0.1) is 0 Å². The first-order valence-electron chi connectivity index (χ1n) is 8.04. The van der Waals surface area contributed by atoms with Gasteiger partial charge in [0.2, 0.25) is 0 Å². The molecular formula is C17H19NO5S. The minimum Gasteiger partial charge on any atom is -0.481 e. The number of thioether (sulfide) groups is 1. The zero-order valence-electron chi connectivity index (χ0n) is 13.1. The number of hydrogen-bond acceptors (Lipinski definition) is 5. The van der Waals surface area contributed by atoms with Crippen LogP contribution < -0.4 is 0 Å². The summed E-state index contributed by atoms with van der Waals surface area (Å²) in [4.78, 5) is 26.2. The third-order valence-corrected chi connectivity index (χ3v) is 5.38. The monoisotopic (exact) mass is 349 g/mol. The second-order valence-electron chi connectivity index (χ2n) is 6.08. The molecule has 1 aliphatic carbocycles. The van der Waals surface area contributed by atoms with Gasteiger partial charge in [-0.3, -0.25) is 9.59 Å². The number of carboxylic acids is 2. The Morgan fingerprint density at radius 1 is 1.25 bits per heavy atom. The van der Waals surface area contributed by atoms with Gasteiger partial charge in [0.1, 0.15) is 10.8 Å². The van der Waals surface area contributed by atoms with Crippen molar-refractivity contribution in [1.29, 1.82) is 0 Å². The fourth-order valence-corrected chi connectivity index (χ4v) is 3.98. The highest BCUT2D eigenvalue weighted by atomic mass is 32.2. The molecule has 24 heavy (non-hydrogen) atoms. The molecule has 1 heterocycles. The number of carbonyl (C=O) groups is 2. The number of nitrogens with zero attached hydrogens (tertiary/aromatic N) is 1. The van der Waals surface area contributed by atoms with Gasteiger partial charge in [-0.1, -0.05) is 37.1 Å². The highest BCUT2D eigenvalue weighted by Crippen LogP contribution is 2.35. The van der Waals surface area contributed by atoms with Gasteiger partial charge in [0.25, 0.3) is 5.22 Å². The summed E-state index contributed by atoms with van der Waals surface area (Å²) in [7, 11) is 0. The molecule has 3 rings (SSSR count). The van der Waals surface area contributed by atoms with Gasteiger partial charge < -0.3 is 14.6 Å². The lowest BCUT2D eigenvalue weighted by atomic mass is 9.84. The summed E-state index contributed by atoms with van der Waals surface area (Å²) < 4.78 is 5.66. The number of carboxylic acid groups (broad SMARTS) is 2. The largest absolute Gasteiger partial charge is 0.481 e. The van der Waals surface area contributed by atoms with Crippen molar-refractivity contribution in [1.82, 2.24) is 4.98 Å².